The molecule has 4 atom stereocenters. The van der Waals surface area contributed by atoms with Crippen LogP contribution < -0.4 is 20.7 Å². The Balaban J connectivity index is 1.36. The minimum Gasteiger partial charge on any atom is -0.463 e. The summed E-state index contributed by atoms with van der Waals surface area (Å²) in [6.07, 6.45) is -0.375. The summed E-state index contributed by atoms with van der Waals surface area (Å²) in [5, 5.41) is 12.9. The number of hydrogen-bond acceptors (Lipinski definition) is 9. The van der Waals surface area contributed by atoms with Crippen molar-refractivity contribution in [3.63, 3.8) is 0 Å². The number of nitriles is 1. The van der Waals surface area contributed by atoms with Crippen molar-refractivity contribution in [3.05, 3.63) is 41.0 Å². The largest absolute Gasteiger partial charge is 0.463 e. The molecular weight excluding hydrogens is 615 g/mol. The first-order valence-corrected chi connectivity index (χ1v) is 15.6. The van der Waals surface area contributed by atoms with Crippen LogP contribution in [0.3, 0.4) is 0 Å². The maximum Gasteiger partial charge on any atom is 0.417 e. The van der Waals surface area contributed by atoms with Crippen molar-refractivity contribution in [2.45, 2.75) is 56.5 Å². The molecule has 1 saturated carbocycles. The molecule has 8 rings (SSSR count). The minimum absolute atomic E-state index is 0.0772. The van der Waals surface area contributed by atoms with E-state index in [0.29, 0.717) is 19.7 Å². The average Bonchev–Trinajstić information content (AvgIpc) is 3.78. The normalized spacial score (nSPS) is 25.9. The predicted molar refractivity (Wildman–Crippen MR) is 158 cm³/mol. The molecule has 3 N–H and O–H groups in total. The number of aromatic nitrogens is 2. The summed E-state index contributed by atoms with van der Waals surface area (Å²) in [6, 6.07) is 4.81. The smallest absolute Gasteiger partial charge is 0.417 e. The number of hydrogen-bond donors (Lipinski definition) is 2. The zero-order chi connectivity index (χ0) is 31.2. The van der Waals surface area contributed by atoms with Crippen LogP contribution in [0.15, 0.2) is 18.2 Å². The van der Waals surface area contributed by atoms with E-state index in [1.165, 1.54) is 0 Å². The second-order valence-corrected chi connectivity index (χ2v) is 13.6. The molecule has 234 valence electrons. The van der Waals surface area contributed by atoms with Crippen LogP contribution in [0.2, 0.25) is 0 Å². The molecule has 1 aliphatic carbocycles. The van der Waals surface area contributed by atoms with E-state index in [0.717, 1.165) is 61.6 Å². The van der Waals surface area contributed by atoms with Gasteiger partial charge in [-0.1, -0.05) is 6.07 Å². The average molecular weight is 643 g/mol. The number of alkyl halides is 3. The Kier molecular flexibility index (Phi) is 6.43. The summed E-state index contributed by atoms with van der Waals surface area (Å²) in [4.78, 5) is 10.8. The maximum atomic E-state index is 16.9. The van der Waals surface area contributed by atoms with E-state index in [1.54, 1.807) is 0 Å². The third-order valence-electron chi connectivity index (χ3n) is 9.70. The highest BCUT2D eigenvalue weighted by Crippen LogP contribution is 2.49. The van der Waals surface area contributed by atoms with Crippen LogP contribution in [0.1, 0.15) is 43.2 Å². The number of rotatable bonds is 5. The molecule has 4 unspecified atom stereocenters. The number of nitrogens with zero attached hydrogens (tertiary/aromatic N) is 4. The SMILES string of the molecule is N#Cc1c(N)sc2c(F)ccc(-c3c(C(F)(F)F)cc4c(N5CC6CCC(C5)N6)nc(OCC56CCC(C5)OC6)nc4c3F)c12. The minimum atomic E-state index is -5.02. The Morgan fingerprint density at radius 3 is 2.60 bits per heavy atom. The van der Waals surface area contributed by atoms with E-state index in [2.05, 4.69) is 15.3 Å². The highest BCUT2D eigenvalue weighted by atomic mass is 32.1. The van der Waals surface area contributed by atoms with Gasteiger partial charge in [-0.2, -0.15) is 28.4 Å². The standard InChI is InChI=1S/C31H27F5N6O2S/c32-21-4-3-17(22-19(9-37)27(38)45-26(21)22)23-20(31(34,35)36)7-18-25(24(23)33)40-29(44-13-30-6-5-16(8-30)43-12-30)41-28(18)42-10-14-1-2-15(11-42)39-14/h3-4,7,14-16,39H,1-2,5-6,8,10-13,38H2. The number of ether oxygens (including phenoxy) is 2. The number of nitrogens with one attached hydrogen (secondary N) is 1. The molecule has 4 aromatic rings. The number of anilines is 2. The summed E-state index contributed by atoms with van der Waals surface area (Å²) in [7, 11) is 0. The van der Waals surface area contributed by atoms with E-state index < -0.39 is 28.9 Å². The fraction of sp³-hybridized carbons (Fsp3) is 0.452. The van der Waals surface area contributed by atoms with Crippen LogP contribution in [0.25, 0.3) is 32.1 Å². The topological polar surface area (TPSA) is 109 Å². The quantitative estimate of drug-likeness (QED) is 0.250. The fourth-order valence-corrected chi connectivity index (χ4v) is 8.52. The summed E-state index contributed by atoms with van der Waals surface area (Å²) in [5.74, 6) is -1.88. The van der Waals surface area contributed by atoms with Gasteiger partial charge in [-0.3, -0.25) is 0 Å². The highest BCUT2D eigenvalue weighted by molar-refractivity contribution is 7.23. The van der Waals surface area contributed by atoms with Gasteiger partial charge in [0.25, 0.3) is 0 Å². The summed E-state index contributed by atoms with van der Waals surface area (Å²) < 4.78 is 88.0. The predicted octanol–water partition coefficient (Wildman–Crippen LogP) is 6.15. The molecule has 5 heterocycles. The van der Waals surface area contributed by atoms with Crippen molar-refractivity contribution < 1.29 is 31.4 Å². The Morgan fingerprint density at radius 2 is 1.96 bits per heavy atom. The van der Waals surface area contributed by atoms with Gasteiger partial charge in [0.2, 0.25) is 0 Å². The zero-order valence-electron chi connectivity index (χ0n) is 23.8. The number of piperazine rings is 1. The molecule has 45 heavy (non-hydrogen) atoms. The third-order valence-corrected chi connectivity index (χ3v) is 10.7. The van der Waals surface area contributed by atoms with Crippen molar-refractivity contribution in [3.8, 4) is 23.2 Å². The number of nitrogen functional groups attached to an aromatic ring is 1. The summed E-state index contributed by atoms with van der Waals surface area (Å²) in [6.45, 7) is 1.71. The fourth-order valence-electron chi connectivity index (χ4n) is 7.57. The lowest BCUT2D eigenvalue weighted by atomic mass is 9.89. The van der Waals surface area contributed by atoms with Crippen molar-refractivity contribution >= 4 is 43.1 Å². The molecule has 2 aromatic carbocycles. The lowest BCUT2D eigenvalue weighted by molar-refractivity contribution is -0.137. The van der Waals surface area contributed by atoms with E-state index in [-0.39, 0.29) is 79.2 Å². The monoisotopic (exact) mass is 642 g/mol. The van der Waals surface area contributed by atoms with E-state index in [9.17, 15) is 22.8 Å². The van der Waals surface area contributed by atoms with Gasteiger partial charge in [-0.25, -0.2) is 8.78 Å². The van der Waals surface area contributed by atoms with Gasteiger partial charge in [0.05, 0.1) is 35.1 Å². The van der Waals surface area contributed by atoms with E-state index in [1.807, 2.05) is 11.0 Å². The first-order valence-electron chi connectivity index (χ1n) is 14.8. The first kappa shape index (κ1) is 28.7. The molecule has 0 radical (unpaired) electrons. The van der Waals surface area contributed by atoms with Gasteiger partial charge < -0.3 is 25.4 Å². The lowest BCUT2D eigenvalue weighted by Gasteiger charge is -2.34. The number of fused-ring (bicyclic) bond motifs is 6. The molecular formula is C31H27F5N6O2S. The molecule has 4 aliphatic rings. The van der Waals surface area contributed by atoms with Gasteiger partial charge in [0.15, 0.2) is 5.82 Å². The Labute approximate surface area is 257 Å². The number of benzene rings is 2. The highest BCUT2D eigenvalue weighted by Gasteiger charge is 2.47. The van der Waals surface area contributed by atoms with Crippen molar-refractivity contribution in [2.24, 2.45) is 5.41 Å². The number of nitrogens with two attached hydrogens (primary N) is 1. The van der Waals surface area contributed by atoms with Crippen LogP contribution in [-0.4, -0.2) is 54.5 Å². The van der Waals surface area contributed by atoms with Crippen molar-refractivity contribution in [1.29, 1.82) is 5.26 Å². The molecule has 0 amide bonds. The molecule has 3 aliphatic heterocycles. The second kappa shape index (κ2) is 10.1. The van der Waals surface area contributed by atoms with Gasteiger partial charge in [-0.15, -0.1) is 11.3 Å². The zero-order valence-corrected chi connectivity index (χ0v) is 24.6. The number of thiophene rings is 1. The molecule has 4 fully saturated rings. The molecule has 2 aromatic heterocycles. The third kappa shape index (κ3) is 4.58. The van der Waals surface area contributed by atoms with Crippen LogP contribution in [0, 0.1) is 28.4 Å². The van der Waals surface area contributed by atoms with Crippen LogP contribution >= 0.6 is 11.3 Å². The molecule has 3 saturated heterocycles. The number of halogens is 5. The Morgan fingerprint density at radius 1 is 1.18 bits per heavy atom. The second-order valence-electron chi connectivity index (χ2n) is 12.6. The Bertz CT molecular complexity index is 1900. The molecule has 4 bridgehead atoms. The van der Waals surface area contributed by atoms with Gasteiger partial charge in [-0.05, 0) is 49.8 Å². The lowest BCUT2D eigenvalue weighted by Crippen LogP contribution is -2.51. The Hall–Kier alpha value is -3.80. The van der Waals surface area contributed by atoms with Crippen LogP contribution in [0.4, 0.5) is 32.8 Å². The summed E-state index contributed by atoms with van der Waals surface area (Å²) in [5.41, 5.74) is 2.74. The molecule has 14 heteroatoms. The van der Waals surface area contributed by atoms with Crippen molar-refractivity contribution in [1.82, 2.24) is 15.3 Å². The molecule has 0 spiro atoms. The van der Waals surface area contributed by atoms with Crippen LogP contribution in [-0.2, 0) is 10.9 Å². The van der Waals surface area contributed by atoms with Gasteiger partial charge in [0.1, 0.15) is 28.2 Å². The van der Waals surface area contributed by atoms with Gasteiger partial charge in [0, 0.05) is 46.9 Å². The molecule has 8 nitrogen and oxygen atoms in total. The van der Waals surface area contributed by atoms with E-state index in [4.69, 9.17) is 15.2 Å². The first-order chi connectivity index (χ1) is 21.5. The van der Waals surface area contributed by atoms with Crippen LogP contribution in [0.5, 0.6) is 6.01 Å². The van der Waals surface area contributed by atoms with Gasteiger partial charge >= 0.3 is 12.2 Å². The van der Waals surface area contributed by atoms with Crippen molar-refractivity contribution in [2.75, 3.05) is 36.9 Å². The summed E-state index contributed by atoms with van der Waals surface area (Å²) >= 11 is 0.723. The maximum absolute atomic E-state index is 16.9. The van der Waals surface area contributed by atoms with E-state index >= 15 is 4.39 Å².